The summed E-state index contributed by atoms with van der Waals surface area (Å²) in [5.41, 5.74) is 7.34. The summed E-state index contributed by atoms with van der Waals surface area (Å²) in [5.74, 6) is -0.966. The lowest BCUT2D eigenvalue weighted by atomic mass is 10.0. The Morgan fingerprint density at radius 2 is 2.10 bits per heavy atom. The van der Waals surface area contributed by atoms with Gasteiger partial charge in [-0.05, 0) is 45.4 Å². The minimum absolute atomic E-state index is 0.191. The van der Waals surface area contributed by atoms with Crippen molar-refractivity contribution in [2.75, 3.05) is 30.8 Å². The number of nitrogen functional groups attached to an aromatic ring is 1. The molecule has 0 unspecified atom stereocenters. The Morgan fingerprint density at radius 3 is 2.55 bits per heavy atom. The maximum Gasteiger partial charge on any atom is 0.335 e. The molecule has 0 fully saturated rings. The maximum atomic E-state index is 10.9. The fourth-order valence-electron chi connectivity index (χ4n) is 1.93. The second-order valence-corrected chi connectivity index (χ2v) is 5.37. The van der Waals surface area contributed by atoms with Gasteiger partial charge in [-0.1, -0.05) is 0 Å². The van der Waals surface area contributed by atoms with Crippen LogP contribution in [0.1, 0.15) is 37.6 Å². The number of carbonyl (C=O) groups is 1. The number of anilines is 2. The molecular formula is C15H24N2O3. The van der Waals surface area contributed by atoms with E-state index in [-0.39, 0.29) is 11.2 Å². The minimum Gasteiger partial charge on any atom is -0.478 e. The number of nitrogens with zero attached hydrogens (tertiary/aromatic N) is 1. The second-order valence-electron chi connectivity index (χ2n) is 5.37. The summed E-state index contributed by atoms with van der Waals surface area (Å²) in [7, 11) is 1.70. The first-order valence-electron chi connectivity index (χ1n) is 6.73. The molecule has 0 bridgehead atoms. The molecule has 0 aliphatic carbocycles. The number of carboxylic acids is 1. The molecule has 1 aromatic rings. The van der Waals surface area contributed by atoms with E-state index >= 15 is 0 Å². The first-order chi connectivity index (χ1) is 9.30. The van der Waals surface area contributed by atoms with Crippen LogP contribution in [0, 0.1) is 0 Å². The van der Waals surface area contributed by atoms with Crippen LogP contribution in [0.2, 0.25) is 0 Å². The van der Waals surface area contributed by atoms with Gasteiger partial charge in [0.2, 0.25) is 0 Å². The Bertz CT molecular complexity index is 472. The van der Waals surface area contributed by atoms with Gasteiger partial charge in [0, 0.05) is 20.2 Å². The van der Waals surface area contributed by atoms with E-state index in [1.54, 1.807) is 19.2 Å². The van der Waals surface area contributed by atoms with Crippen molar-refractivity contribution in [3.05, 3.63) is 23.8 Å². The van der Waals surface area contributed by atoms with Gasteiger partial charge in [-0.3, -0.25) is 0 Å². The summed E-state index contributed by atoms with van der Waals surface area (Å²) in [6, 6.07) is 4.85. The number of hydrogen-bond acceptors (Lipinski definition) is 4. The molecule has 0 saturated heterocycles. The molecule has 0 aromatic heterocycles. The van der Waals surface area contributed by atoms with Crippen LogP contribution >= 0.6 is 0 Å². The van der Waals surface area contributed by atoms with Crippen LogP contribution < -0.4 is 10.6 Å². The number of ether oxygens (including phenoxy) is 1. The molecule has 0 aliphatic rings. The number of carboxylic acid groups (broad SMARTS) is 1. The summed E-state index contributed by atoms with van der Waals surface area (Å²) in [5, 5.41) is 8.95. The van der Waals surface area contributed by atoms with Crippen LogP contribution in [0.25, 0.3) is 0 Å². The van der Waals surface area contributed by atoms with Crippen LogP contribution in [0.3, 0.4) is 0 Å². The number of rotatable bonds is 7. The van der Waals surface area contributed by atoms with Crippen LogP contribution in [-0.2, 0) is 4.74 Å². The van der Waals surface area contributed by atoms with Crippen LogP contribution in [0.5, 0.6) is 0 Å². The fourth-order valence-corrected chi connectivity index (χ4v) is 1.93. The SMILES string of the molecule is CCN(CCC(C)(C)OC)c1ccc(C(=O)O)cc1N. The summed E-state index contributed by atoms with van der Waals surface area (Å²) < 4.78 is 5.41. The Hall–Kier alpha value is -1.75. The quantitative estimate of drug-likeness (QED) is 0.751. The highest BCUT2D eigenvalue weighted by Crippen LogP contribution is 2.26. The van der Waals surface area contributed by atoms with Gasteiger partial charge < -0.3 is 20.5 Å². The van der Waals surface area contributed by atoms with E-state index in [2.05, 4.69) is 4.90 Å². The predicted molar refractivity (Wildman–Crippen MR) is 81.4 cm³/mol. The lowest BCUT2D eigenvalue weighted by molar-refractivity contribution is 0.0172. The number of nitrogens with two attached hydrogens (primary N) is 1. The normalized spacial score (nSPS) is 11.4. The van der Waals surface area contributed by atoms with Crippen molar-refractivity contribution in [3.8, 4) is 0 Å². The monoisotopic (exact) mass is 280 g/mol. The van der Waals surface area contributed by atoms with E-state index in [9.17, 15) is 4.79 Å². The first-order valence-corrected chi connectivity index (χ1v) is 6.73. The predicted octanol–water partition coefficient (Wildman–Crippen LogP) is 2.61. The standard InChI is InChI=1S/C15H24N2O3/c1-5-17(9-8-15(2,3)20-4)13-7-6-11(14(18)19)10-12(13)16/h6-7,10H,5,8-9,16H2,1-4H3,(H,18,19). The zero-order chi connectivity index (χ0) is 15.3. The summed E-state index contributed by atoms with van der Waals surface area (Å²) in [6.07, 6.45) is 0.859. The highest BCUT2D eigenvalue weighted by atomic mass is 16.5. The van der Waals surface area contributed by atoms with E-state index in [0.29, 0.717) is 5.69 Å². The van der Waals surface area contributed by atoms with Crippen molar-refractivity contribution in [1.29, 1.82) is 0 Å². The van der Waals surface area contributed by atoms with Gasteiger partial charge >= 0.3 is 5.97 Å². The van der Waals surface area contributed by atoms with E-state index in [1.807, 2.05) is 20.8 Å². The number of aromatic carboxylic acids is 1. The third-order valence-electron chi connectivity index (χ3n) is 3.53. The van der Waals surface area contributed by atoms with Crippen molar-refractivity contribution in [1.82, 2.24) is 0 Å². The Balaban J connectivity index is 2.87. The van der Waals surface area contributed by atoms with E-state index in [1.165, 1.54) is 6.07 Å². The van der Waals surface area contributed by atoms with Crippen molar-refractivity contribution in [2.45, 2.75) is 32.8 Å². The minimum atomic E-state index is -0.966. The smallest absolute Gasteiger partial charge is 0.335 e. The molecular weight excluding hydrogens is 256 g/mol. The van der Waals surface area contributed by atoms with Crippen LogP contribution in [0.15, 0.2) is 18.2 Å². The van der Waals surface area contributed by atoms with Gasteiger partial charge in [-0.25, -0.2) is 4.79 Å². The molecule has 0 radical (unpaired) electrons. The highest BCUT2D eigenvalue weighted by molar-refractivity contribution is 5.90. The summed E-state index contributed by atoms with van der Waals surface area (Å²) in [6.45, 7) is 7.73. The number of methoxy groups -OCH3 is 1. The van der Waals surface area contributed by atoms with Gasteiger partial charge in [-0.15, -0.1) is 0 Å². The molecule has 1 rings (SSSR count). The van der Waals surface area contributed by atoms with Crippen LogP contribution in [0.4, 0.5) is 11.4 Å². The lowest BCUT2D eigenvalue weighted by Gasteiger charge is -2.30. The third kappa shape index (κ3) is 4.13. The van der Waals surface area contributed by atoms with E-state index in [4.69, 9.17) is 15.6 Å². The molecule has 1 aromatic carbocycles. The highest BCUT2D eigenvalue weighted by Gasteiger charge is 2.19. The molecule has 3 N–H and O–H groups in total. The zero-order valence-corrected chi connectivity index (χ0v) is 12.6. The second kappa shape index (κ2) is 6.61. The lowest BCUT2D eigenvalue weighted by Crippen LogP contribution is -2.32. The van der Waals surface area contributed by atoms with Gasteiger partial charge in [-0.2, -0.15) is 0 Å². The summed E-state index contributed by atoms with van der Waals surface area (Å²) >= 11 is 0. The Labute approximate surface area is 120 Å². The molecule has 112 valence electrons. The molecule has 0 spiro atoms. The Kier molecular flexibility index (Phi) is 5.39. The molecule has 0 saturated carbocycles. The third-order valence-corrected chi connectivity index (χ3v) is 3.53. The maximum absolute atomic E-state index is 10.9. The van der Waals surface area contributed by atoms with Crippen molar-refractivity contribution in [2.24, 2.45) is 0 Å². The molecule has 0 amide bonds. The zero-order valence-electron chi connectivity index (χ0n) is 12.6. The van der Waals surface area contributed by atoms with Crippen LogP contribution in [-0.4, -0.2) is 36.9 Å². The van der Waals surface area contributed by atoms with Crippen molar-refractivity contribution >= 4 is 17.3 Å². The number of hydrogen-bond donors (Lipinski definition) is 2. The van der Waals surface area contributed by atoms with Gasteiger partial charge in [0.15, 0.2) is 0 Å². The van der Waals surface area contributed by atoms with E-state index in [0.717, 1.165) is 25.2 Å². The Morgan fingerprint density at radius 1 is 1.45 bits per heavy atom. The average molecular weight is 280 g/mol. The largest absolute Gasteiger partial charge is 0.478 e. The van der Waals surface area contributed by atoms with Gasteiger partial charge in [0.1, 0.15) is 0 Å². The van der Waals surface area contributed by atoms with Crippen molar-refractivity contribution in [3.63, 3.8) is 0 Å². The summed E-state index contributed by atoms with van der Waals surface area (Å²) in [4.78, 5) is 13.0. The average Bonchev–Trinajstić information content (AvgIpc) is 2.40. The van der Waals surface area contributed by atoms with Gasteiger partial charge in [0.05, 0.1) is 22.5 Å². The first kappa shape index (κ1) is 16.3. The molecule has 20 heavy (non-hydrogen) atoms. The molecule has 0 heterocycles. The molecule has 0 atom stereocenters. The molecule has 5 nitrogen and oxygen atoms in total. The number of benzene rings is 1. The topological polar surface area (TPSA) is 75.8 Å². The van der Waals surface area contributed by atoms with Gasteiger partial charge in [0.25, 0.3) is 0 Å². The fraction of sp³-hybridized carbons (Fsp3) is 0.533. The molecule has 5 heteroatoms. The molecule has 0 aliphatic heterocycles. The van der Waals surface area contributed by atoms with Crippen molar-refractivity contribution < 1.29 is 14.6 Å². The van der Waals surface area contributed by atoms with E-state index < -0.39 is 5.97 Å².